The number of aromatic nitrogens is 1. The molecule has 0 spiro atoms. The zero-order valence-corrected chi connectivity index (χ0v) is 10.6. The number of hydrogen-bond donors (Lipinski definition) is 0. The van der Waals surface area contributed by atoms with E-state index in [1.807, 2.05) is 0 Å². The van der Waals surface area contributed by atoms with Crippen LogP contribution in [0.15, 0.2) is 18.2 Å². The molecule has 0 bridgehead atoms. The summed E-state index contributed by atoms with van der Waals surface area (Å²) in [5.41, 5.74) is -1.74. The Morgan fingerprint density at radius 1 is 1.00 bits per heavy atom. The topological polar surface area (TPSA) is 26.9 Å². The molecule has 0 unspecified atom stereocenters. The third kappa shape index (κ3) is 2.18. The van der Waals surface area contributed by atoms with E-state index < -0.39 is 11.9 Å². The maximum atomic E-state index is 12.6. The van der Waals surface area contributed by atoms with Crippen molar-refractivity contribution in [3.8, 4) is 0 Å². The summed E-state index contributed by atoms with van der Waals surface area (Å²) in [4.78, 5) is 0. The average Bonchev–Trinajstić information content (AvgIpc) is 2.20. The van der Waals surface area contributed by atoms with E-state index >= 15 is 0 Å². The number of benzene rings is 1. The molecule has 0 aliphatic rings. The number of halogens is 6. The summed E-state index contributed by atoms with van der Waals surface area (Å²) in [6, 6.07) is 2.91. The van der Waals surface area contributed by atoms with E-state index in [-0.39, 0.29) is 30.7 Å². The van der Waals surface area contributed by atoms with Crippen LogP contribution < -0.4 is 4.73 Å². The second-order valence-electron chi connectivity index (χ2n) is 3.45. The first-order valence-corrected chi connectivity index (χ1v) is 5.63. The van der Waals surface area contributed by atoms with Crippen LogP contribution >= 0.6 is 34.8 Å². The van der Waals surface area contributed by atoms with Crippen LogP contribution in [-0.2, 0) is 6.18 Å². The first-order valence-electron chi connectivity index (χ1n) is 4.50. The minimum absolute atomic E-state index is 0.0147. The van der Waals surface area contributed by atoms with Crippen molar-refractivity contribution in [1.82, 2.24) is 0 Å². The van der Waals surface area contributed by atoms with Gasteiger partial charge in [0.2, 0.25) is 5.52 Å². The van der Waals surface area contributed by atoms with Crippen molar-refractivity contribution in [2.24, 2.45) is 0 Å². The summed E-state index contributed by atoms with van der Waals surface area (Å²) in [5.74, 6) is 0. The standard InChI is InChI=1S/C10H3Cl3F3NO/c11-4-1-5(12)9-6(13)3-8(10(14,15)16)17(18)7(9)2-4/h1-3H. The van der Waals surface area contributed by atoms with Gasteiger partial charge in [0, 0.05) is 17.2 Å². The van der Waals surface area contributed by atoms with E-state index in [4.69, 9.17) is 34.8 Å². The van der Waals surface area contributed by atoms with Crippen LogP contribution in [0.2, 0.25) is 15.1 Å². The predicted octanol–water partition coefficient (Wildman–Crippen LogP) is 4.45. The first kappa shape index (κ1) is 13.5. The van der Waals surface area contributed by atoms with Gasteiger partial charge in [0.05, 0.1) is 15.4 Å². The summed E-state index contributed by atoms with van der Waals surface area (Å²) < 4.78 is 37.6. The van der Waals surface area contributed by atoms with Gasteiger partial charge >= 0.3 is 11.9 Å². The van der Waals surface area contributed by atoms with Crippen molar-refractivity contribution >= 4 is 45.7 Å². The third-order valence-corrected chi connectivity index (χ3v) is 3.08. The van der Waals surface area contributed by atoms with Gasteiger partial charge < -0.3 is 5.21 Å². The quantitative estimate of drug-likeness (QED) is 0.521. The van der Waals surface area contributed by atoms with Crippen molar-refractivity contribution in [1.29, 1.82) is 0 Å². The Balaban J connectivity index is 2.95. The molecule has 18 heavy (non-hydrogen) atoms. The lowest BCUT2D eigenvalue weighted by molar-refractivity contribution is -0.602. The lowest BCUT2D eigenvalue weighted by atomic mass is 10.2. The Labute approximate surface area is 114 Å². The average molecular weight is 316 g/mol. The molecule has 0 atom stereocenters. The number of rotatable bonds is 0. The van der Waals surface area contributed by atoms with Crippen molar-refractivity contribution in [2.45, 2.75) is 6.18 Å². The van der Waals surface area contributed by atoms with Crippen LogP contribution in [-0.4, -0.2) is 0 Å². The summed E-state index contributed by atoms with van der Waals surface area (Å²) >= 11 is 17.2. The van der Waals surface area contributed by atoms with E-state index in [1.54, 1.807) is 0 Å². The lowest BCUT2D eigenvalue weighted by Gasteiger charge is -2.12. The van der Waals surface area contributed by atoms with E-state index in [0.29, 0.717) is 6.07 Å². The van der Waals surface area contributed by atoms with Gasteiger partial charge in [-0.25, -0.2) is 0 Å². The zero-order chi connectivity index (χ0) is 13.7. The van der Waals surface area contributed by atoms with Gasteiger partial charge in [-0.15, -0.1) is 0 Å². The van der Waals surface area contributed by atoms with Crippen LogP contribution in [0.1, 0.15) is 5.69 Å². The maximum absolute atomic E-state index is 12.6. The highest BCUT2D eigenvalue weighted by Gasteiger charge is 2.41. The van der Waals surface area contributed by atoms with Crippen molar-refractivity contribution in [2.75, 3.05) is 0 Å². The fourth-order valence-corrected chi connectivity index (χ4v) is 2.47. The van der Waals surface area contributed by atoms with E-state index in [0.717, 1.165) is 6.07 Å². The highest BCUT2D eigenvalue weighted by molar-refractivity contribution is 6.43. The molecular formula is C10H3Cl3F3NO. The molecule has 0 saturated carbocycles. The molecule has 0 aliphatic heterocycles. The predicted molar refractivity (Wildman–Crippen MR) is 62.9 cm³/mol. The number of hydrogen-bond acceptors (Lipinski definition) is 1. The molecule has 0 saturated heterocycles. The highest BCUT2D eigenvalue weighted by Crippen LogP contribution is 2.35. The fraction of sp³-hybridized carbons (Fsp3) is 0.100. The Kier molecular flexibility index (Phi) is 3.25. The molecule has 96 valence electrons. The van der Waals surface area contributed by atoms with E-state index in [9.17, 15) is 18.4 Å². The normalized spacial score (nSPS) is 12.1. The van der Waals surface area contributed by atoms with Crippen LogP contribution in [0, 0.1) is 5.21 Å². The van der Waals surface area contributed by atoms with Gasteiger partial charge in [0.25, 0.3) is 0 Å². The molecule has 0 aliphatic carbocycles. The van der Waals surface area contributed by atoms with Crippen LogP contribution in [0.4, 0.5) is 13.2 Å². The van der Waals surface area contributed by atoms with Gasteiger partial charge in [-0.2, -0.15) is 17.9 Å². The van der Waals surface area contributed by atoms with Gasteiger partial charge in [-0.05, 0) is 6.07 Å². The molecule has 8 heteroatoms. The smallest absolute Gasteiger partial charge is 0.478 e. The molecule has 0 amide bonds. The van der Waals surface area contributed by atoms with E-state index in [1.165, 1.54) is 6.07 Å². The number of pyridine rings is 1. The minimum Gasteiger partial charge on any atom is -0.618 e. The molecule has 0 fully saturated rings. The Hall–Kier alpha value is -0.910. The van der Waals surface area contributed by atoms with Crippen LogP contribution in [0.5, 0.6) is 0 Å². The molecule has 2 aromatic rings. The molecule has 2 nitrogen and oxygen atoms in total. The monoisotopic (exact) mass is 315 g/mol. The molecular weight excluding hydrogens is 313 g/mol. The van der Waals surface area contributed by atoms with Gasteiger partial charge in [0.15, 0.2) is 0 Å². The molecule has 2 rings (SSSR count). The third-order valence-electron chi connectivity index (χ3n) is 2.26. The van der Waals surface area contributed by atoms with Crippen LogP contribution in [0.3, 0.4) is 0 Å². The van der Waals surface area contributed by atoms with Crippen molar-refractivity contribution < 1.29 is 17.9 Å². The Morgan fingerprint density at radius 2 is 1.56 bits per heavy atom. The zero-order valence-electron chi connectivity index (χ0n) is 8.36. The number of alkyl halides is 3. The molecule has 1 heterocycles. The molecule has 1 aromatic carbocycles. The maximum Gasteiger partial charge on any atom is 0.478 e. The first-order chi connectivity index (χ1) is 8.21. The second kappa shape index (κ2) is 4.33. The van der Waals surface area contributed by atoms with Gasteiger partial charge in [-0.3, -0.25) is 0 Å². The highest BCUT2D eigenvalue weighted by atomic mass is 35.5. The van der Waals surface area contributed by atoms with Gasteiger partial charge in [0.1, 0.15) is 0 Å². The lowest BCUT2D eigenvalue weighted by Crippen LogP contribution is -2.37. The summed E-state index contributed by atoms with van der Waals surface area (Å²) in [7, 11) is 0. The van der Waals surface area contributed by atoms with Crippen molar-refractivity contribution in [3.05, 3.63) is 44.2 Å². The molecule has 0 N–H and O–H groups in total. The van der Waals surface area contributed by atoms with E-state index in [2.05, 4.69) is 0 Å². The van der Waals surface area contributed by atoms with Crippen LogP contribution in [0.25, 0.3) is 10.9 Å². The van der Waals surface area contributed by atoms with Crippen molar-refractivity contribution in [3.63, 3.8) is 0 Å². The Bertz CT molecular complexity index is 643. The molecule has 1 aromatic heterocycles. The summed E-state index contributed by atoms with van der Waals surface area (Å²) in [5, 5.41) is 11.5. The summed E-state index contributed by atoms with van der Waals surface area (Å²) in [6.07, 6.45) is -4.81. The second-order valence-corrected chi connectivity index (χ2v) is 4.70. The largest absolute Gasteiger partial charge is 0.618 e. The Morgan fingerprint density at radius 3 is 2.11 bits per heavy atom. The number of nitrogens with zero attached hydrogens (tertiary/aromatic N) is 1. The SMILES string of the molecule is [O-][n+]1c(C(F)(F)F)cc(Cl)c2c(Cl)cc(Cl)cc21. The fourth-order valence-electron chi connectivity index (χ4n) is 1.53. The summed E-state index contributed by atoms with van der Waals surface area (Å²) in [6.45, 7) is 0. The number of fused-ring (bicyclic) bond motifs is 1. The van der Waals surface area contributed by atoms with Gasteiger partial charge in [-0.1, -0.05) is 34.8 Å². The minimum atomic E-state index is -4.81. The molecule has 0 radical (unpaired) electrons.